The average molecular weight is 566 g/mol. The Morgan fingerprint density at radius 3 is 2.54 bits per heavy atom. The van der Waals surface area contributed by atoms with Gasteiger partial charge in [0.15, 0.2) is 0 Å². The average Bonchev–Trinajstić information content (AvgIpc) is 2.91. The second kappa shape index (κ2) is 12.4. The van der Waals surface area contributed by atoms with Gasteiger partial charge in [0.1, 0.15) is 0 Å². The Balaban J connectivity index is 1.46. The van der Waals surface area contributed by atoms with Crippen LogP contribution >= 0.6 is 0 Å². The molecule has 1 aliphatic carbocycles. The monoisotopic (exact) mass is 565 g/mol. The van der Waals surface area contributed by atoms with E-state index in [1.165, 1.54) is 21.5 Å². The number of amides is 1. The van der Waals surface area contributed by atoms with E-state index in [-0.39, 0.29) is 24.9 Å². The molecule has 2 aliphatic rings. The number of benzene rings is 2. The minimum Gasteiger partial charge on any atom is -0.349 e. The molecule has 0 aromatic heterocycles. The molecule has 0 spiro atoms. The molecule has 1 heterocycles. The van der Waals surface area contributed by atoms with E-state index >= 15 is 0 Å². The minimum absolute atomic E-state index is 0.0237. The van der Waals surface area contributed by atoms with Crippen LogP contribution in [0.25, 0.3) is 0 Å². The summed E-state index contributed by atoms with van der Waals surface area (Å²) < 4.78 is 67.7. The van der Waals surface area contributed by atoms with E-state index in [0.29, 0.717) is 18.9 Å². The Labute approximate surface area is 229 Å². The summed E-state index contributed by atoms with van der Waals surface area (Å²) in [7, 11) is -4.19. The van der Waals surface area contributed by atoms with Gasteiger partial charge in [-0.2, -0.15) is 17.5 Å². The van der Waals surface area contributed by atoms with Crippen LogP contribution in [-0.2, 0) is 34.0 Å². The van der Waals surface area contributed by atoms with Crippen LogP contribution in [0, 0.1) is 0 Å². The largest absolute Gasteiger partial charge is 0.416 e. The second-order valence-electron chi connectivity index (χ2n) is 10.5. The van der Waals surface area contributed by atoms with Gasteiger partial charge in [-0.15, -0.1) is 0 Å². The fraction of sp³-hybridized carbons (Fsp3) is 0.552. The Hall–Kier alpha value is -2.43. The SMILES string of the molecule is CCN(CC)Cc1ccc2c(c1)CCC[C@H]2NC(=O)CC1CCCCN1S(=O)(=O)c1cccc(C(F)(F)F)c1. The van der Waals surface area contributed by atoms with Crippen LogP contribution in [0.4, 0.5) is 13.2 Å². The van der Waals surface area contributed by atoms with Gasteiger partial charge in [-0.3, -0.25) is 9.69 Å². The number of piperidine rings is 1. The van der Waals surface area contributed by atoms with Gasteiger partial charge < -0.3 is 5.32 Å². The molecule has 2 aromatic rings. The number of carbonyl (C=O) groups excluding carboxylic acids is 1. The molecule has 39 heavy (non-hydrogen) atoms. The lowest BCUT2D eigenvalue weighted by Gasteiger charge is -2.35. The lowest BCUT2D eigenvalue weighted by Crippen LogP contribution is -2.46. The summed E-state index contributed by atoms with van der Waals surface area (Å²) in [5, 5.41) is 3.13. The standard InChI is InChI=1S/C29H38F3N3O3S/c1-3-34(4-2)20-21-14-15-26-22(17-21)9-7-13-27(26)33-28(36)19-24-11-5-6-16-35(24)39(37,38)25-12-8-10-23(18-25)29(30,31)32/h8,10,12,14-15,17-18,24,27H,3-7,9,11,13,16,19-20H2,1-2H3,(H,33,36)/t24?,27-/m1/s1. The zero-order valence-corrected chi connectivity index (χ0v) is 23.5. The third-order valence-electron chi connectivity index (χ3n) is 7.92. The number of hydrogen-bond acceptors (Lipinski definition) is 4. The van der Waals surface area contributed by atoms with E-state index in [0.717, 1.165) is 63.0 Å². The number of aryl methyl sites for hydroxylation is 1. The van der Waals surface area contributed by atoms with E-state index in [4.69, 9.17) is 0 Å². The summed E-state index contributed by atoms with van der Waals surface area (Å²) >= 11 is 0. The highest BCUT2D eigenvalue weighted by Gasteiger charge is 2.37. The van der Waals surface area contributed by atoms with Crippen LogP contribution in [0.3, 0.4) is 0 Å². The number of hydrogen-bond donors (Lipinski definition) is 1. The van der Waals surface area contributed by atoms with Gasteiger partial charge in [0, 0.05) is 25.6 Å². The molecule has 2 atom stereocenters. The normalized spacial score (nSPS) is 20.6. The molecule has 1 fully saturated rings. The molecule has 1 aliphatic heterocycles. The van der Waals surface area contributed by atoms with E-state index in [2.05, 4.69) is 42.3 Å². The Morgan fingerprint density at radius 2 is 1.82 bits per heavy atom. The lowest BCUT2D eigenvalue weighted by atomic mass is 9.86. The van der Waals surface area contributed by atoms with E-state index in [1.807, 2.05) is 0 Å². The first-order chi connectivity index (χ1) is 18.5. The smallest absolute Gasteiger partial charge is 0.349 e. The molecule has 0 saturated carbocycles. The van der Waals surface area contributed by atoms with E-state index in [1.54, 1.807) is 0 Å². The van der Waals surface area contributed by atoms with Crippen molar-refractivity contribution in [3.8, 4) is 0 Å². The van der Waals surface area contributed by atoms with Gasteiger partial charge >= 0.3 is 6.18 Å². The highest BCUT2D eigenvalue weighted by atomic mass is 32.2. The molecule has 1 saturated heterocycles. The van der Waals surface area contributed by atoms with E-state index < -0.39 is 32.7 Å². The number of nitrogens with one attached hydrogen (secondary N) is 1. The molecule has 0 radical (unpaired) electrons. The van der Waals surface area contributed by atoms with Crippen LogP contribution in [0.1, 0.15) is 80.7 Å². The highest BCUT2D eigenvalue weighted by Crippen LogP contribution is 2.34. The highest BCUT2D eigenvalue weighted by molar-refractivity contribution is 7.89. The van der Waals surface area contributed by atoms with Crippen molar-refractivity contribution in [1.29, 1.82) is 0 Å². The van der Waals surface area contributed by atoms with Gasteiger partial charge in [-0.25, -0.2) is 8.42 Å². The number of rotatable bonds is 9. The molecule has 2 aromatic carbocycles. The van der Waals surface area contributed by atoms with Gasteiger partial charge in [-0.1, -0.05) is 44.5 Å². The Morgan fingerprint density at radius 1 is 1.05 bits per heavy atom. The molecule has 10 heteroatoms. The topological polar surface area (TPSA) is 69.7 Å². The van der Waals surface area contributed by atoms with E-state index in [9.17, 15) is 26.4 Å². The number of halogens is 3. The number of fused-ring (bicyclic) bond motifs is 1. The van der Waals surface area contributed by atoms with Crippen molar-refractivity contribution in [2.24, 2.45) is 0 Å². The third-order valence-corrected chi connectivity index (χ3v) is 9.87. The van der Waals surface area contributed by atoms with Crippen LogP contribution in [0.2, 0.25) is 0 Å². The number of sulfonamides is 1. The van der Waals surface area contributed by atoms with Crippen LogP contribution in [0.15, 0.2) is 47.4 Å². The molecule has 1 N–H and O–H groups in total. The fourth-order valence-corrected chi connectivity index (χ4v) is 7.49. The molecule has 214 valence electrons. The molecule has 6 nitrogen and oxygen atoms in total. The maximum absolute atomic E-state index is 13.4. The summed E-state index contributed by atoms with van der Waals surface area (Å²) in [5.74, 6) is -0.240. The molecule has 1 unspecified atom stereocenters. The number of carbonyl (C=O) groups is 1. The summed E-state index contributed by atoms with van der Waals surface area (Å²) in [6.07, 6.45) is -0.103. The van der Waals surface area contributed by atoms with Gasteiger partial charge in [0.05, 0.1) is 16.5 Å². The van der Waals surface area contributed by atoms with Gasteiger partial charge in [0.2, 0.25) is 15.9 Å². The minimum atomic E-state index is -4.64. The molecule has 1 amide bonds. The summed E-state index contributed by atoms with van der Waals surface area (Å²) in [5.41, 5.74) is 2.59. The quantitative estimate of drug-likeness (QED) is 0.425. The number of alkyl halides is 3. The maximum atomic E-state index is 13.4. The third kappa shape index (κ3) is 7.02. The van der Waals surface area contributed by atoms with Crippen molar-refractivity contribution in [2.45, 2.75) is 88.5 Å². The summed E-state index contributed by atoms with van der Waals surface area (Å²) in [6, 6.07) is 9.53. The predicted molar refractivity (Wildman–Crippen MR) is 144 cm³/mol. The van der Waals surface area contributed by atoms with Crippen LogP contribution in [0.5, 0.6) is 0 Å². The summed E-state index contributed by atoms with van der Waals surface area (Å²) in [4.78, 5) is 15.1. The number of nitrogens with zero attached hydrogens (tertiary/aromatic N) is 2. The Bertz CT molecular complexity index is 1260. The molecular weight excluding hydrogens is 527 g/mol. The van der Waals surface area contributed by atoms with Crippen molar-refractivity contribution >= 4 is 15.9 Å². The van der Waals surface area contributed by atoms with Crippen molar-refractivity contribution in [2.75, 3.05) is 19.6 Å². The molecule has 0 bridgehead atoms. The van der Waals surface area contributed by atoms with Crippen molar-refractivity contribution in [3.63, 3.8) is 0 Å². The zero-order chi connectivity index (χ0) is 28.2. The van der Waals surface area contributed by atoms with Gasteiger partial charge in [-0.05, 0) is 80.1 Å². The first kappa shape index (κ1) is 29.6. The predicted octanol–water partition coefficient (Wildman–Crippen LogP) is 5.67. The zero-order valence-electron chi connectivity index (χ0n) is 22.6. The van der Waals surface area contributed by atoms with Gasteiger partial charge in [0.25, 0.3) is 0 Å². The Kier molecular flexibility index (Phi) is 9.39. The molecule has 4 rings (SSSR count). The first-order valence-electron chi connectivity index (χ1n) is 13.9. The van der Waals surface area contributed by atoms with Crippen LogP contribution in [-0.4, -0.2) is 49.2 Å². The molecular formula is C29H38F3N3O3S. The summed E-state index contributed by atoms with van der Waals surface area (Å²) in [6.45, 7) is 7.31. The maximum Gasteiger partial charge on any atom is 0.416 e. The second-order valence-corrected chi connectivity index (χ2v) is 12.4. The lowest BCUT2D eigenvalue weighted by molar-refractivity contribution is -0.137. The van der Waals surface area contributed by atoms with Crippen molar-refractivity contribution in [1.82, 2.24) is 14.5 Å². The fourth-order valence-electron chi connectivity index (χ4n) is 5.75. The van der Waals surface area contributed by atoms with Crippen molar-refractivity contribution < 1.29 is 26.4 Å². The first-order valence-corrected chi connectivity index (χ1v) is 15.3. The van der Waals surface area contributed by atoms with Crippen LogP contribution < -0.4 is 5.32 Å². The van der Waals surface area contributed by atoms with Crippen molar-refractivity contribution in [3.05, 3.63) is 64.7 Å².